The highest BCUT2D eigenvalue weighted by molar-refractivity contribution is 5.87. The fraction of sp³-hybridized carbons (Fsp3) is 0.846. The van der Waals surface area contributed by atoms with E-state index in [1.54, 1.807) is 0 Å². The highest BCUT2D eigenvalue weighted by Gasteiger charge is 2.45. The Kier molecular flexibility index (Phi) is 6.80. The van der Waals surface area contributed by atoms with Crippen LogP contribution in [-0.4, -0.2) is 30.9 Å². The van der Waals surface area contributed by atoms with Crippen LogP contribution in [0.4, 0.5) is 0 Å². The SMILES string of the molecule is CC(C)[C@H](N)C(=O)NCC(=O)NCC1CC1(C)C.Cl. The van der Waals surface area contributed by atoms with Gasteiger partial charge >= 0.3 is 0 Å². The predicted octanol–water partition coefficient (Wildman–Crippen LogP) is 0.670. The van der Waals surface area contributed by atoms with E-state index in [9.17, 15) is 9.59 Å². The van der Waals surface area contributed by atoms with Crippen molar-refractivity contribution in [2.75, 3.05) is 13.1 Å². The summed E-state index contributed by atoms with van der Waals surface area (Å²) in [4.78, 5) is 23.0. The lowest BCUT2D eigenvalue weighted by Gasteiger charge is -2.15. The fourth-order valence-electron chi connectivity index (χ4n) is 1.81. The zero-order chi connectivity index (χ0) is 13.9. The number of hydrogen-bond acceptors (Lipinski definition) is 3. The predicted molar refractivity (Wildman–Crippen MR) is 78.0 cm³/mol. The van der Waals surface area contributed by atoms with Crippen LogP contribution in [0.5, 0.6) is 0 Å². The monoisotopic (exact) mass is 291 g/mol. The Morgan fingerprint density at radius 3 is 2.26 bits per heavy atom. The van der Waals surface area contributed by atoms with Crippen LogP contribution >= 0.6 is 12.4 Å². The smallest absolute Gasteiger partial charge is 0.239 e. The second-order valence-electron chi connectivity index (χ2n) is 6.18. The summed E-state index contributed by atoms with van der Waals surface area (Å²) in [5.41, 5.74) is 6.03. The van der Waals surface area contributed by atoms with Crippen molar-refractivity contribution in [3.8, 4) is 0 Å². The van der Waals surface area contributed by atoms with Gasteiger partial charge in [-0.1, -0.05) is 27.7 Å². The third-order valence-corrected chi connectivity index (χ3v) is 3.71. The molecule has 1 fully saturated rings. The second kappa shape index (κ2) is 7.10. The van der Waals surface area contributed by atoms with Gasteiger partial charge in [0.15, 0.2) is 0 Å². The Morgan fingerprint density at radius 2 is 1.84 bits per heavy atom. The minimum Gasteiger partial charge on any atom is -0.354 e. The molecule has 0 aromatic carbocycles. The van der Waals surface area contributed by atoms with Crippen LogP contribution in [0.15, 0.2) is 0 Å². The van der Waals surface area contributed by atoms with Gasteiger partial charge in [-0.05, 0) is 23.7 Å². The van der Waals surface area contributed by atoms with Crippen LogP contribution < -0.4 is 16.4 Å². The largest absolute Gasteiger partial charge is 0.354 e. The van der Waals surface area contributed by atoms with Crippen LogP contribution in [-0.2, 0) is 9.59 Å². The lowest BCUT2D eigenvalue weighted by atomic mass is 10.1. The van der Waals surface area contributed by atoms with Gasteiger partial charge < -0.3 is 16.4 Å². The average molecular weight is 292 g/mol. The van der Waals surface area contributed by atoms with Gasteiger partial charge in [0.1, 0.15) is 0 Å². The Labute approximate surface area is 121 Å². The van der Waals surface area contributed by atoms with Crippen molar-refractivity contribution in [2.24, 2.45) is 23.0 Å². The molecular weight excluding hydrogens is 266 g/mol. The first kappa shape index (κ1) is 18.2. The summed E-state index contributed by atoms with van der Waals surface area (Å²) in [6.45, 7) is 8.82. The summed E-state index contributed by atoms with van der Waals surface area (Å²) in [5.74, 6) is 0.212. The minimum atomic E-state index is -0.555. The molecule has 6 heteroatoms. The van der Waals surface area contributed by atoms with Crippen LogP contribution in [0.3, 0.4) is 0 Å². The van der Waals surface area contributed by atoms with Gasteiger partial charge in [0.2, 0.25) is 11.8 Å². The molecule has 0 spiro atoms. The van der Waals surface area contributed by atoms with E-state index in [1.807, 2.05) is 13.8 Å². The van der Waals surface area contributed by atoms with Crippen molar-refractivity contribution in [1.29, 1.82) is 0 Å². The molecule has 19 heavy (non-hydrogen) atoms. The van der Waals surface area contributed by atoms with Gasteiger partial charge in [0, 0.05) is 6.54 Å². The van der Waals surface area contributed by atoms with Gasteiger partial charge in [0.25, 0.3) is 0 Å². The molecule has 0 aromatic rings. The summed E-state index contributed by atoms with van der Waals surface area (Å²) in [7, 11) is 0. The number of nitrogens with two attached hydrogens (primary N) is 1. The van der Waals surface area contributed by atoms with E-state index in [2.05, 4.69) is 24.5 Å². The highest BCUT2D eigenvalue weighted by atomic mass is 35.5. The maximum Gasteiger partial charge on any atom is 0.239 e. The number of amides is 2. The Bertz CT molecular complexity index is 332. The summed E-state index contributed by atoms with van der Waals surface area (Å²) in [6, 6.07) is -0.555. The minimum absolute atomic E-state index is 0. The van der Waals surface area contributed by atoms with Gasteiger partial charge in [-0.25, -0.2) is 0 Å². The summed E-state index contributed by atoms with van der Waals surface area (Å²) < 4.78 is 0. The van der Waals surface area contributed by atoms with Gasteiger partial charge in [-0.3, -0.25) is 9.59 Å². The molecule has 1 saturated carbocycles. The molecule has 1 unspecified atom stereocenters. The van der Waals surface area contributed by atoms with Crippen LogP contribution in [0.25, 0.3) is 0 Å². The van der Waals surface area contributed by atoms with Crippen molar-refractivity contribution < 1.29 is 9.59 Å². The molecule has 0 bridgehead atoms. The van der Waals surface area contributed by atoms with E-state index in [0.29, 0.717) is 17.9 Å². The fourth-order valence-corrected chi connectivity index (χ4v) is 1.81. The molecule has 0 radical (unpaired) electrons. The Balaban J connectivity index is 0.00000324. The number of carbonyl (C=O) groups excluding carboxylic acids is 2. The zero-order valence-electron chi connectivity index (χ0n) is 12.2. The van der Waals surface area contributed by atoms with E-state index in [0.717, 1.165) is 6.42 Å². The molecule has 2 atom stereocenters. The Hall–Kier alpha value is -0.810. The van der Waals surface area contributed by atoms with Crippen LogP contribution in [0.1, 0.15) is 34.1 Å². The highest BCUT2D eigenvalue weighted by Crippen LogP contribution is 2.50. The van der Waals surface area contributed by atoms with E-state index in [-0.39, 0.29) is 36.7 Å². The molecule has 0 heterocycles. The van der Waals surface area contributed by atoms with E-state index >= 15 is 0 Å². The molecule has 1 rings (SSSR count). The summed E-state index contributed by atoms with van der Waals surface area (Å²) in [6.07, 6.45) is 1.15. The molecule has 1 aliphatic carbocycles. The number of hydrogen-bond donors (Lipinski definition) is 3. The van der Waals surface area contributed by atoms with Crippen molar-refractivity contribution in [3.05, 3.63) is 0 Å². The number of carbonyl (C=O) groups is 2. The number of halogens is 1. The Morgan fingerprint density at radius 1 is 1.32 bits per heavy atom. The van der Waals surface area contributed by atoms with Crippen LogP contribution in [0.2, 0.25) is 0 Å². The topological polar surface area (TPSA) is 84.2 Å². The van der Waals surface area contributed by atoms with Crippen LogP contribution in [0, 0.1) is 17.3 Å². The lowest BCUT2D eigenvalue weighted by molar-refractivity contribution is -0.127. The molecule has 112 valence electrons. The molecule has 0 saturated heterocycles. The summed E-state index contributed by atoms with van der Waals surface area (Å²) in [5, 5.41) is 5.38. The number of rotatable bonds is 6. The van der Waals surface area contributed by atoms with Gasteiger partial charge in [-0.15, -0.1) is 12.4 Å². The zero-order valence-corrected chi connectivity index (χ0v) is 13.0. The van der Waals surface area contributed by atoms with Crippen molar-refractivity contribution in [1.82, 2.24) is 10.6 Å². The maximum absolute atomic E-state index is 11.5. The van der Waals surface area contributed by atoms with E-state index < -0.39 is 6.04 Å². The lowest BCUT2D eigenvalue weighted by Crippen LogP contribution is -2.47. The first-order chi connectivity index (χ1) is 8.24. The molecular formula is C13H26ClN3O2. The van der Waals surface area contributed by atoms with E-state index in [1.165, 1.54) is 0 Å². The quantitative estimate of drug-likeness (QED) is 0.672. The average Bonchev–Trinajstić information content (AvgIpc) is 2.90. The second-order valence-corrected chi connectivity index (χ2v) is 6.18. The molecule has 0 aliphatic heterocycles. The van der Waals surface area contributed by atoms with E-state index in [4.69, 9.17) is 5.73 Å². The van der Waals surface area contributed by atoms with Gasteiger partial charge in [0.05, 0.1) is 12.6 Å². The number of nitrogens with one attached hydrogen (secondary N) is 2. The molecule has 4 N–H and O–H groups in total. The standard InChI is InChI=1S/C13H25N3O2.ClH/c1-8(2)11(14)12(18)16-7-10(17)15-6-9-5-13(9,3)4;/h8-9,11H,5-7,14H2,1-4H3,(H,15,17)(H,16,18);1H/t9?,11-;/m0./s1. The first-order valence-corrected chi connectivity index (χ1v) is 6.54. The van der Waals surface area contributed by atoms with Crippen molar-refractivity contribution in [3.63, 3.8) is 0 Å². The summed E-state index contributed by atoms with van der Waals surface area (Å²) >= 11 is 0. The third-order valence-electron chi connectivity index (χ3n) is 3.71. The molecule has 5 nitrogen and oxygen atoms in total. The molecule has 1 aliphatic rings. The molecule has 0 aromatic heterocycles. The van der Waals surface area contributed by atoms with Crippen molar-refractivity contribution >= 4 is 24.2 Å². The first-order valence-electron chi connectivity index (χ1n) is 6.54. The van der Waals surface area contributed by atoms with Crippen molar-refractivity contribution in [2.45, 2.75) is 40.2 Å². The normalized spacial score (nSPS) is 21.3. The van der Waals surface area contributed by atoms with Gasteiger partial charge in [-0.2, -0.15) is 0 Å². The maximum atomic E-state index is 11.5. The third kappa shape index (κ3) is 5.78. The molecule has 2 amide bonds.